The molecule has 1 fully saturated rings. The summed E-state index contributed by atoms with van der Waals surface area (Å²) in [6.45, 7) is 5.32. The molecule has 1 saturated heterocycles. The highest BCUT2D eigenvalue weighted by molar-refractivity contribution is 5.76. The smallest absolute Gasteiger partial charge is 0.306 e. The molecule has 0 aromatic carbocycles. The van der Waals surface area contributed by atoms with Gasteiger partial charge in [0, 0.05) is 12.8 Å². The summed E-state index contributed by atoms with van der Waals surface area (Å²) in [5.74, 6) is -0.891. The lowest BCUT2D eigenvalue weighted by molar-refractivity contribution is -0.269. The molecule has 1 aliphatic rings. The van der Waals surface area contributed by atoms with Crippen molar-refractivity contribution >= 4 is 11.9 Å². The fraction of sp³-hybridized carbons (Fsp3) is 0.889. The molecule has 0 spiro atoms. The average Bonchev–Trinajstić information content (AvgIpc) is 2.60. The van der Waals surface area contributed by atoms with Crippen LogP contribution in [0.4, 0.5) is 0 Å². The van der Waals surface area contributed by atoms with E-state index < -0.39 is 42.9 Å². The Morgan fingerprint density at radius 1 is 1.11 bits per heavy atom. The summed E-state index contributed by atoms with van der Waals surface area (Å²) in [5.41, 5.74) is 0. The van der Waals surface area contributed by atoms with Crippen LogP contribution in [0.15, 0.2) is 0 Å². The normalized spacial score (nSPS) is 29.2. The molecule has 0 aliphatic carbocycles. The van der Waals surface area contributed by atoms with E-state index in [1.807, 2.05) is 20.8 Å². The molecule has 27 heavy (non-hydrogen) atoms. The topological polar surface area (TPSA) is 135 Å². The van der Waals surface area contributed by atoms with Gasteiger partial charge in [0.1, 0.15) is 18.2 Å². The SMILES string of the molecule is CCCC(=O)N[C@H]1C(O)O[C@H](COC(O)CCC)[C@@H](O)[C@@H]1OC(=O)CCC. The summed E-state index contributed by atoms with van der Waals surface area (Å²) in [6, 6.07) is -1.10. The van der Waals surface area contributed by atoms with E-state index >= 15 is 0 Å². The summed E-state index contributed by atoms with van der Waals surface area (Å²) in [5, 5.41) is 33.1. The van der Waals surface area contributed by atoms with E-state index in [9.17, 15) is 24.9 Å². The Bertz CT molecular complexity index is 461. The van der Waals surface area contributed by atoms with Crippen molar-refractivity contribution in [1.82, 2.24) is 5.32 Å². The van der Waals surface area contributed by atoms with Gasteiger partial charge in [-0.3, -0.25) is 9.59 Å². The minimum atomic E-state index is -1.49. The Balaban J connectivity index is 2.85. The zero-order chi connectivity index (χ0) is 20.4. The van der Waals surface area contributed by atoms with Gasteiger partial charge in [-0.25, -0.2) is 0 Å². The van der Waals surface area contributed by atoms with E-state index in [4.69, 9.17) is 14.2 Å². The fourth-order valence-corrected chi connectivity index (χ4v) is 2.80. The highest BCUT2D eigenvalue weighted by Gasteiger charge is 2.47. The Labute approximate surface area is 160 Å². The number of rotatable bonds is 11. The van der Waals surface area contributed by atoms with Crippen LogP contribution in [0.1, 0.15) is 59.3 Å². The van der Waals surface area contributed by atoms with Gasteiger partial charge in [0.05, 0.1) is 6.61 Å². The van der Waals surface area contributed by atoms with Gasteiger partial charge in [0.25, 0.3) is 0 Å². The third-order valence-electron chi connectivity index (χ3n) is 4.21. The van der Waals surface area contributed by atoms with Crippen LogP contribution in [0, 0.1) is 0 Å². The summed E-state index contributed by atoms with van der Waals surface area (Å²) >= 11 is 0. The van der Waals surface area contributed by atoms with Crippen LogP contribution in [0.2, 0.25) is 0 Å². The van der Waals surface area contributed by atoms with Gasteiger partial charge in [-0.1, -0.05) is 27.2 Å². The molecule has 0 saturated carbocycles. The van der Waals surface area contributed by atoms with Crippen LogP contribution in [-0.4, -0.2) is 70.7 Å². The molecule has 1 amide bonds. The third kappa shape index (κ3) is 7.71. The van der Waals surface area contributed by atoms with Crippen molar-refractivity contribution < 1.29 is 39.1 Å². The van der Waals surface area contributed by atoms with Crippen LogP contribution in [0.3, 0.4) is 0 Å². The van der Waals surface area contributed by atoms with Crippen LogP contribution < -0.4 is 5.32 Å². The van der Waals surface area contributed by atoms with Crippen molar-refractivity contribution in [3.05, 3.63) is 0 Å². The van der Waals surface area contributed by atoms with Crippen molar-refractivity contribution in [1.29, 1.82) is 0 Å². The van der Waals surface area contributed by atoms with E-state index in [1.54, 1.807) is 0 Å². The van der Waals surface area contributed by atoms with E-state index in [0.29, 0.717) is 25.7 Å². The number of esters is 1. The largest absolute Gasteiger partial charge is 0.457 e. The number of nitrogens with one attached hydrogen (secondary N) is 1. The molecule has 2 unspecified atom stereocenters. The van der Waals surface area contributed by atoms with Crippen molar-refractivity contribution in [3.8, 4) is 0 Å². The Morgan fingerprint density at radius 2 is 1.78 bits per heavy atom. The Hall–Kier alpha value is -1.26. The summed E-state index contributed by atoms with van der Waals surface area (Å²) in [7, 11) is 0. The van der Waals surface area contributed by atoms with Gasteiger partial charge < -0.3 is 34.8 Å². The number of ether oxygens (including phenoxy) is 3. The maximum absolute atomic E-state index is 11.9. The fourth-order valence-electron chi connectivity index (χ4n) is 2.80. The standard InChI is InChI=1S/C18H33NO8/c1-4-7-12(20)19-15-17(27-14(22)9-6-3)16(23)11(26-18(15)24)10-25-13(21)8-5-2/h11,13,15-18,21,23-24H,4-10H2,1-3H3,(H,19,20)/t11-,13?,15-,16-,17-,18?/m1/s1. The van der Waals surface area contributed by atoms with E-state index in [-0.39, 0.29) is 25.4 Å². The highest BCUT2D eigenvalue weighted by atomic mass is 16.7. The minimum absolute atomic E-state index is 0.145. The molecule has 0 bridgehead atoms. The number of amides is 1. The summed E-state index contributed by atoms with van der Waals surface area (Å²) in [6.07, 6.45) is -3.41. The lowest BCUT2D eigenvalue weighted by atomic mass is 9.96. The first kappa shape index (κ1) is 23.8. The number of aliphatic hydroxyl groups excluding tert-OH is 3. The Morgan fingerprint density at radius 3 is 2.37 bits per heavy atom. The maximum Gasteiger partial charge on any atom is 0.306 e. The molecule has 0 radical (unpaired) electrons. The van der Waals surface area contributed by atoms with Gasteiger partial charge >= 0.3 is 5.97 Å². The monoisotopic (exact) mass is 391 g/mol. The van der Waals surface area contributed by atoms with Crippen molar-refractivity contribution in [3.63, 3.8) is 0 Å². The van der Waals surface area contributed by atoms with Gasteiger partial charge in [0.2, 0.25) is 5.91 Å². The second kappa shape index (κ2) is 12.2. The lowest BCUT2D eigenvalue weighted by Crippen LogP contribution is -2.65. The molecule has 0 aromatic rings. The number of carbonyl (C=O) groups is 2. The van der Waals surface area contributed by atoms with Gasteiger partial charge in [-0.15, -0.1) is 0 Å². The molecule has 6 atom stereocenters. The first-order valence-electron chi connectivity index (χ1n) is 9.64. The molecular weight excluding hydrogens is 358 g/mol. The quantitative estimate of drug-likeness (QED) is 0.290. The van der Waals surface area contributed by atoms with Crippen molar-refractivity contribution in [2.75, 3.05) is 6.61 Å². The Kier molecular flexibility index (Phi) is 10.8. The predicted molar refractivity (Wildman–Crippen MR) is 95.4 cm³/mol. The van der Waals surface area contributed by atoms with Gasteiger partial charge in [-0.05, 0) is 19.3 Å². The van der Waals surface area contributed by atoms with Gasteiger partial charge in [0.15, 0.2) is 18.7 Å². The van der Waals surface area contributed by atoms with E-state index in [2.05, 4.69) is 5.32 Å². The first-order valence-corrected chi connectivity index (χ1v) is 9.64. The number of aliphatic hydroxyl groups is 3. The van der Waals surface area contributed by atoms with Crippen molar-refractivity contribution in [2.24, 2.45) is 0 Å². The lowest BCUT2D eigenvalue weighted by Gasteiger charge is -2.42. The van der Waals surface area contributed by atoms with E-state index in [0.717, 1.165) is 0 Å². The average molecular weight is 391 g/mol. The van der Waals surface area contributed by atoms with Crippen molar-refractivity contribution in [2.45, 2.75) is 96.2 Å². The van der Waals surface area contributed by atoms with E-state index in [1.165, 1.54) is 0 Å². The number of hydrogen-bond acceptors (Lipinski definition) is 8. The molecule has 9 heteroatoms. The molecule has 0 aromatic heterocycles. The minimum Gasteiger partial charge on any atom is -0.457 e. The zero-order valence-corrected chi connectivity index (χ0v) is 16.3. The summed E-state index contributed by atoms with van der Waals surface area (Å²) < 4.78 is 15.9. The molecule has 9 nitrogen and oxygen atoms in total. The second-order valence-corrected chi connectivity index (χ2v) is 6.68. The number of carbonyl (C=O) groups excluding carboxylic acids is 2. The maximum atomic E-state index is 11.9. The summed E-state index contributed by atoms with van der Waals surface area (Å²) in [4.78, 5) is 23.9. The molecule has 1 rings (SSSR count). The second-order valence-electron chi connectivity index (χ2n) is 6.68. The molecule has 4 N–H and O–H groups in total. The van der Waals surface area contributed by atoms with Crippen LogP contribution in [-0.2, 0) is 23.8 Å². The first-order chi connectivity index (χ1) is 12.8. The molecule has 158 valence electrons. The molecule has 1 heterocycles. The third-order valence-corrected chi connectivity index (χ3v) is 4.21. The highest BCUT2D eigenvalue weighted by Crippen LogP contribution is 2.24. The van der Waals surface area contributed by atoms with Crippen LogP contribution >= 0.6 is 0 Å². The van der Waals surface area contributed by atoms with Crippen LogP contribution in [0.25, 0.3) is 0 Å². The van der Waals surface area contributed by atoms with Crippen LogP contribution in [0.5, 0.6) is 0 Å². The van der Waals surface area contributed by atoms with Gasteiger partial charge in [-0.2, -0.15) is 0 Å². The number of hydrogen-bond donors (Lipinski definition) is 4. The zero-order valence-electron chi connectivity index (χ0n) is 16.3. The predicted octanol–water partition coefficient (Wildman–Crippen LogP) is 0.196. The molecule has 1 aliphatic heterocycles. The molecular formula is C18H33NO8.